The average molecular weight is 326 g/mol. The van der Waals surface area contributed by atoms with Crippen molar-refractivity contribution in [2.45, 2.75) is 12.0 Å². The first-order valence-electron chi connectivity index (χ1n) is 6.45. The highest BCUT2D eigenvalue weighted by Gasteiger charge is 2.45. The second kappa shape index (κ2) is 5.23. The van der Waals surface area contributed by atoms with Crippen molar-refractivity contribution in [2.75, 3.05) is 33.0 Å². The van der Waals surface area contributed by atoms with E-state index in [1.54, 1.807) is 0 Å². The van der Waals surface area contributed by atoms with Crippen LogP contribution in [0.5, 0.6) is 0 Å². The van der Waals surface area contributed by atoms with Crippen LogP contribution in [0.1, 0.15) is 16.8 Å². The molecule has 1 aromatic carbocycles. The Morgan fingerprint density at radius 1 is 1.21 bits per heavy atom. The lowest BCUT2D eigenvalue weighted by molar-refractivity contribution is -0.0551. The lowest BCUT2D eigenvalue weighted by Gasteiger charge is -2.43. The number of nitrogens with zero attached hydrogens (tertiary/aromatic N) is 1. The molecule has 2 aliphatic rings. The molecule has 0 aliphatic carbocycles. The van der Waals surface area contributed by atoms with Gasteiger partial charge in [0.15, 0.2) is 0 Å². The van der Waals surface area contributed by atoms with Gasteiger partial charge in [-0.15, -0.1) is 0 Å². The van der Waals surface area contributed by atoms with Crippen LogP contribution in [0.3, 0.4) is 0 Å². The van der Waals surface area contributed by atoms with Crippen LogP contribution in [-0.4, -0.2) is 49.3 Å². The molecular formula is C14H16BrNO3. The first-order chi connectivity index (χ1) is 9.23. The lowest BCUT2D eigenvalue weighted by atomic mass is 9.95. The predicted molar refractivity (Wildman–Crippen MR) is 74.2 cm³/mol. The van der Waals surface area contributed by atoms with E-state index in [0.717, 1.165) is 10.9 Å². The average Bonchev–Trinajstić information content (AvgIpc) is 2.88. The molecule has 1 unspecified atom stereocenters. The zero-order valence-corrected chi connectivity index (χ0v) is 12.2. The Morgan fingerprint density at radius 3 is 2.68 bits per heavy atom. The molecule has 102 valence electrons. The molecule has 19 heavy (non-hydrogen) atoms. The first kappa shape index (κ1) is 13.1. The largest absolute Gasteiger partial charge is 0.379 e. The zero-order valence-electron chi connectivity index (χ0n) is 10.6. The van der Waals surface area contributed by atoms with Gasteiger partial charge in [-0.2, -0.15) is 0 Å². The quantitative estimate of drug-likeness (QED) is 0.793. The molecule has 4 nitrogen and oxygen atoms in total. The SMILES string of the molecule is O=C(c1ccccc1Br)N1CCOCC12CCOC2. The highest BCUT2D eigenvalue weighted by atomic mass is 79.9. The Morgan fingerprint density at radius 2 is 1.95 bits per heavy atom. The number of rotatable bonds is 1. The van der Waals surface area contributed by atoms with Gasteiger partial charge < -0.3 is 14.4 Å². The zero-order chi connectivity index (χ0) is 13.3. The molecule has 2 heterocycles. The summed E-state index contributed by atoms with van der Waals surface area (Å²) in [5.74, 6) is 0.0567. The van der Waals surface area contributed by atoms with Crippen LogP contribution in [0.15, 0.2) is 28.7 Å². The van der Waals surface area contributed by atoms with Gasteiger partial charge in [0.05, 0.1) is 30.9 Å². The van der Waals surface area contributed by atoms with Gasteiger partial charge in [-0.3, -0.25) is 4.79 Å². The van der Waals surface area contributed by atoms with Crippen molar-refractivity contribution in [3.8, 4) is 0 Å². The van der Waals surface area contributed by atoms with Crippen LogP contribution in [0.2, 0.25) is 0 Å². The molecule has 1 aromatic rings. The van der Waals surface area contributed by atoms with Gasteiger partial charge in [-0.25, -0.2) is 0 Å². The van der Waals surface area contributed by atoms with E-state index < -0.39 is 0 Å². The first-order valence-corrected chi connectivity index (χ1v) is 7.24. The highest BCUT2D eigenvalue weighted by molar-refractivity contribution is 9.10. The summed E-state index contributed by atoms with van der Waals surface area (Å²) < 4.78 is 11.9. The van der Waals surface area contributed by atoms with Crippen LogP contribution < -0.4 is 0 Å². The fraction of sp³-hybridized carbons (Fsp3) is 0.500. The minimum atomic E-state index is -0.273. The Labute approximate surface area is 120 Å². The van der Waals surface area contributed by atoms with Crippen molar-refractivity contribution in [1.82, 2.24) is 4.90 Å². The van der Waals surface area contributed by atoms with Crippen LogP contribution in [0.25, 0.3) is 0 Å². The number of hydrogen-bond donors (Lipinski definition) is 0. The Balaban J connectivity index is 1.91. The maximum absolute atomic E-state index is 12.8. The molecule has 0 bridgehead atoms. The van der Waals surface area contributed by atoms with E-state index in [1.165, 1.54) is 0 Å². The van der Waals surface area contributed by atoms with Gasteiger partial charge in [-0.1, -0.05) is 12.1 Å². The molecule has 2 aliphatic heterocycles. The standard InChI is InChI=1S/C14H16BrNO3/c15-12-4-2-1-3-11(12)13(17)16-6-8-19-10-14(16)5-7-18-9-14/h1-4H,5-10H2. The fourth-order valence-corrected chi connectivity index (χ4v) is 3.21. The molecule has 5 heteroatoms. The minimum Gasteiger partial charge on any atom is -0.379 e. The maximum Gasteiger partial charge on any atom is 0.255 e. The van der Waals surface area contributed by atoms with Crippen molar-refractivity contribution in [3.63, 3.8) is 0 Å². The normalized spacial score (nSPS) is 26.9. The van der Waals surface area contributed by atoms with Crippen LogP contribution in [0, 0.1) is 0 Å². The number of halogens is 1. The second-order valence-corrected chi connectivity index (χ2v) is 5.87. The second-order valence-electron chi connectivity index (χ2n) is 5.02. The van der Waals surface area contributed by atoms with Gasteiger partial charge in [0.1, 0.15) is 0 Å². The van der Waals surface area contributed by atoms with E-state index in [-0.39, 0.29) is 11.4 Å². The van der Waals surface area contributed by atoms with Crippen molar-refractivity contribution in [1.29, 1.82) is 0 Å². The minimum absolute atomic E-state index is 0.0567. The Kier molecular flexibility index (Phi) is 3.60. The van der Waals surface area contributed by atoms with Crippen molar-refractivity contribution >= 4 is 21.8 Å². The van der Waals surface area contributed by atoms with E-state index in [9.17, 15) is 4.79 Å². The van der Waals surface area contributed by atoms with E-state index >= 15 is 0 Å². The molecule has 1 spiro atoms. The molecule has 3 rings (SSSR count). The topological polar surface area (TPSA) is 38.8 Å². The van der Waals surface area contributed by atoms with Gasteiger partial charge in [0, 0.05) is 17.6 Å². The fourth-order valence-electron chi connectivity index (χ4n) is 2.75. The number of morpholine rings is 1. The maximum atomic E-state index is 12.8. The lowest BCUT2D eigenvalue weighted by Crippen LogP contribution is -2.59. The van der Waals surface area contributed by atoms with Crippen LogP contribution >= 0.6 is 15.9 Å². The summed E-state index contributed by atoms with van der Waals surface area (Å²) in [7, 11) is 0. The number of carbonyl (C=O) groups is 1. The number of carbonyl (C=O) groups excluding carboxylic acids is 1. The third-order valence-electron chi connectivity index (χ3n) is 3.83. The predicted octanol–water partition coefficient (Wildman–Crippen LogP) is 2.08. The van der Waals surface area contributed by atoms with E-state index in [2.05, 4.69) is 15.9 Å². The number of benzene rings is 1. The van der Waals surface area contributed by atoms with Gasteiger partial charge in [0.2, 0.25) is 0 Å². The summed E-state index contributed by atoms with van der Waals surface area (Å²) in [4.78, 5) is 14.7. The van der Waals surface area contributed by atoms with Crippen molar-refractivity contribution < 1.29 is 14.3 Å². The summed E-state index contributed by atoms with van der Waals surface area (Å²) in [5.41, 5.74) is 0.431. The van der Waals surface area contributed by atoms with E-state index in [1.807, 2.05) is 29.2 Å². The molecule has 2 fully saturated rings. The Hall–Kier alpha value is -0.910. The van der Waals surface area contributed by atoms with Gasteiger partial charge in [-0.05, 0) is 34.5 Å². The molecule has 0 N–H and O–H groups in total. The third kappa shape index (κ3) is 2.30. The number of hydrogen-bond acceptors (Lipinski definition) is 3. The monoisotopic (exact) mass is 325 g/mol. The van der Waals surface area contributed by atoms with Crippen LogP contribution in [-0.2, 0) is 9.47 Å². The van der Waals surface area contributed by atoms with E-state index in [0.29, 0.717) is 38.5 Å². The molecule has 0 saturated carbocycles. The summed E-state index contributed by atoms with van der Waals surface area (Å²) in [6.07, 6.45) is 0.850. The summed E-state index contributed by atoms with van der Waals surface area (Å²) in [6, 6.07) is 7.54. The Bertz CT molecular complexity index is 485. The summed E-state index contributed by atoms with van der Waals surface area (Å²) in [5, 5.41) is 0. The molecule has 1 amide bonds. The molecule has 2 saturated heterocycles. The molecule has 0 radical (unpaired) electrons. The summed E-state index contributed by atoms with van der Waals surface area (Å²) >= 11 is 3.45. The molecule has 0 aromatic heterocycles. The van der Waals surface area contributed by atoms with Crippen LogP contribution in [0.4, 0.5) is 0 Å². The number of amides is 1. The van der Waals surface area contributed by atoms with Crippen molar-refractivity contribution in [2.24, 2.45) is 0 Å². The molecule has 1 atom stereocenters. The highest BCUT2D eigenvalue weighted by Crippen LogP contribution is 2.31. The van der Waals surface area contributed by atoms with E-state index in [4.69, 9.17) is 9.47 Å². The summed E-state index contributed by atoms with van der Waals surface area (Å²) in [6.45, 7) is 3.07. The molecular weight excluding hydrogens is 310 g/mol. The smallest absolute Gasteiger partial charge is 0.255 e. The van der Waals surface area contributed by atoms with Gasteiger partial charge >= 0.3 is 0 Å². The third-order valence-corrected chi connectivity index (χ3v) is 4.53. The number of ether oxygens (including phenoxy) is 2. The van der Waals surface area contributed by atoms with Gasteiger partial charge in [0.25, 0.3) is 5.91 Å². The van der Waals surface area contributed by atoms with Crippen molar-refractivity contribution in [3.05, 3.63) is 34.3 Å².